The molecule has 6 aromatic rings. The van der Waals surface area contributed by atoms with Crippen molar-refractivity contribution >= 4 is 0 Å². The molecule has 0 bridgehead atoms. The van der Waals surface area contributed by atoms with Crippen molar-refractivity contribution < 1.29 is 28.4 Å². The van der Waals surface area contributed by atoms with Crippen molar-refractivity contribution in [2.45, 2.75) is 73.6 Å². The average Bonchev–Trinajstić information content (AvgIpc) is 3.35. The maximum Gasteiger partial charge on any atom is 0.123 e. The van der Waals surface area contributed by atoms with E-state index in [0.29, 0.717) is 46.1 Å². The summed E-state index contributed by atoms with van der Waals surface area (Å²) in [6.07, 6.45) is 11.3. The van der Waals surface area contributed by atoms with Crippen LogP contribution in [-0.4, -0.2) is 39.6 Å². The van der Waals surface area contributed by atoms with E-state index in [4.69, 9.17) is 28.4 Å². The van der Waals surface area contributed by atoms with Gasteiger partial charge in [-0.1, -0.05) is 124 Å². The Labute approximate surface area is 424 Å². The third-order valence-corrected chi connectivity index (χ3v) is 12.8. The van der Waals surface area contributed by atoms with E-state index in [1.165, 1.54) is 0 Å². The van der Waals surface area contributed by atoms with Crippen molar-refractivity contribution in [1.82, 2.24) is 0 Å². The average molecular weight is 949 g/mol. The van der Waals surface area contributed by atoms with Crippen molar-refractivity contribution in [3.05, 3.63) is 250 Å². The molecule has 368 valence electrons. The first-order valence-electron chi connectivity index (χ1n) is 24.4. The molecule has 0 N–H and O–H groups in total. The third-order valence-electron chi connectivity index (χ3n) is 12.8. The number of ether oxygens (including phenoxy) is 6. The van der Waals surface area contributed by atoms with Crippen molar-refractivity contribution in [3.8, 4) is 34.5 Å². The van der Waals surface area contributed by atoms with Crippen LogP contribution in [0.3, 0.4) is 0 Å². The number of rotatable bonds is 26. The Bertz CT molecular complexity index is 2580. The molecule has 0 fully saturated rings. The van der Waals surface area contributed by atoms with Crippen LogP contribution in [0, 0.1) is 55.4 Å². The zero-order chi connectivity index (χ0) is 51.2. The van der Waals surface area contributed by atoms with Gasteiger partial charge in [-0.05, 0) is 176 Å². The highest BCUT2D eigenvalue weighted by Crippen LogP contribution is 2.46. The van der Waals surface area contributed by atoms with Gasteiger partial charge in [-0.3, -0.25) is 0 Å². The van der Waals surface area contributed by atoms with E-state index in [1.807, 2.05) is 0 Å². The Morgan fingerprint density at radius 1 is 0.296 bits per heavy atom. The minimum atomic E-state index is -0.210. The predicted octanol–water partition coefficient (Wildman–Crippen LogP) is 15.5. The SMILES string of the molecule is C=CCOc1cc(C)c(C(c2cc(C)c(OCC=C)cc2C)c2cc(Cc3ccc(OCC=C)c(C(c4cc(C)c(OCC=C)cc4C)c4cc(C)c(OCC=C)cc4C)c3)ccc2OCC=C)cc1C. The lowest BCUT2D eigenvalue weighted by Crippen LogP contribution is -2.13. The standard InChI is InChI=1S/C65H72O6/c1-15-25-66-58-23-21-50(40-56(58)64(52-31-46(11)60(35-42(52)7)68-27-17-3)53-32-47(12)61(36-43(53)8)69-28-18-4)39-51-22-24-59(67-26-16-2)57(41-51)65(54-33-48(13)62(37-44(54)9)70-29-19-5)55-34-49(14)63(38-45(55)10)71-30-20-6/h15-24,31-38,40-41,64-65H,1-6,25-30,39H2,7-14H3. The van der Waals surface area contributed by atoms with Gasteiger partial charge in [0.05, 0.1) is 0 Å². The molecule has 0 aliphatic heterocycles. The van der Waals surface area contributed by atoms with Gasteiger partial charge in [-0.2, -0.15) is 0 Å². The van der Waals surface area contributed by atoms with Gasteiger partial charge in [0.2, 0.25) is 0 Å². The summed E-state index contributed by atoms with van der Waals surface area (Å²) in [5.74, 6) is 4.50. The first-order chi connectivity index (χ1) is 34.3. The van der Waals surface area contributed by atoms with E-state index >= 15 is 0 Å². The summed E-state index contributed by atoms with van der Waals surface area (Å²) in [4.78, 5) is 0. The van der Waals surface area contributed by atoms with E-state index < -0.39 is 0 Å². The highest BCUT2D eigenvalue weighted by Gasteiger charge is 2.29. The molecule has 0 unspecified atom stereocenters. The Morgan fingerprint density at radius 3 is 0.775 bits per heavy atom. The van der Waals surface area contributed by atoms with Crippen LogP contribution in [-0.2, 0) is 6.42 Å². The van der Waals surface area contributed by atoms with Crippen LogP contribution in [0.4, 0.5) is 0 Å². The van der Waals surface area contributed by atoms with E-state index in [2.05, 4.69) is 180 Å². The molecule has 6 heteroatoms. The fourth-order valence-electron chi connectivity index (χ4n) is 9.38. The first kappa shape index (κ1) is 52.9. The Morgan fingerprint density at radius 2 is 0.535 bits per heavy atom. The summed E-state index contributed by atoms with van der Waals surface area (Å²) >= 11 is 0. The molecule has 0 spiro atoms. The molecule has 0 amide bonds. The Balaban J connectivity index is 1.58. The number of aryl methyl sites for hydroxylation is 8. The van der Waals surface area contributed by atoms with Gasteiger partial charge in [-0.25, -0.2) is 0 Å². The van der Waals surface area contributed by atoms with Gasteiger partial charge in [0.25, 0.3) is 0 Å². The van der Waals surface area contributed by atoms with Gasteiger partial charge in [0.15, 0.2) is 0 Å². The molecule has 0 heterocycles. The fourth-order valence-corrected chi connectivity index (χ4v) is 9.38. The molecule has 0 saturated carbocycles. The molecule has 6 nitrogen and oxygen atoms in total. The second-order valence-electron chi connectivity index (χ2n) is 18.3. The lowest BCUT2D eigenvalue weighted by molar-refractivity contribution is 0.357. The molecule has 6 aromatic carbocycles. The fraction of sp³-hybridized carbons (Fsp3) is 0.262. The topological polar surface area (TPSA) is 55.4 Å². The van der Waals surface area contributed by atoms with Gasteiger partial charge < -0.3 is 28.4 Å². The Hall–Kier alpha value is -7.44. The lowest BCUT2D eigenvalue weighted by Gasteiger charge is -2.28. The van der Waals surface area contributed by atoms with Crippen LogP contribution in [0.1, 0.15) is 101 Å². The maximum absolute atomic E-state index is 6.57. The van der Waals surface area contributed by atoms with Crippen molar-refractivity contribution in [1.29, 1.82) is 0 Å². The molecule has 0 aromatic heterocycles. The summed E-state index contributed by atoms with van der Waals surface area (Å²) < 4.78 is 37.7. The maximum atomic E-state index is 6.57. The minimum absolute atomic E-state index is 0.210. The quantitative estimate of drug-likeness (QED) is 0.0399. The van der Waals surface area contributed by atoms with Gasteiger partial charge >= 0.3 is 0 Å². The predicted molar refractivity (Wildman–Crippen MR) is 295 cm³/mol. The molecule has 6 rings (SSSR count). The van der Waals surface area contributed by atoms with E-state index in [0.717, 1.165) is 124 Å². The van der Waals surface area contributed by atoms with E-state index in [1.54, 1.807) is 36.5 Å². The number of hydrogen-bond acceptors (Lipinski definition) is 6. The van der Waals surface area contributed by atoms with Crippen molar-refractivity contribution in [2.24, 2.45) is 0 Å². The van der Waals surface area contributed by atoms with Crippen LogP contribution in [0.5, 0.6) is 34.5 Å². The largest absolute Gasteiger partial charge is 0.489 e. The minimum Gasteiger partial charge on any atom is -0.489 e. The van der Waals surface area contributed by atoms with Crippen LogP contribution >= 0.6 is 0 Å². The number of benzene rings is 6. The second-order valence-corrected chi connectivity index (χ2v) is 18.3. The smallest absolute Gasteiger partial charge is 0.123 e. The lowest BCUT2D eigenvalue weighted by atomic mass is 9.78. The molecule has 71 heavy (non-hydrogen) atoms. The van der Waals surface area contributed by atoms with Gasteiger partial charge in [0, 0.05) is 23.0 Å². The molecule has 0 radical (unpaired) electrons. The van der Waals surface area contributed by atoms with Crippen LogP contribution in [0.2, 0.25) is 0 Å². The van der Waals surface area contributed by atoms with Crippen LogP contribution in [0.25, 0.3) is 0 Å². The zero-order valence-electron chi connectivity index (χ0n) is 43.3. The zero-order valence-corrected chi connectivity index (χ0v) is 43.3. The number of hydrogen-bond donors (Lipinski definition) is 0. The molecular weight excluding hydrogens is 877 g/mol. The second kappa shape index (κ2) is 24.9. The monoisotopic (exact) mass is 949 g/mol. The summed E-state index contributed by atoms with van der Waals surface area (Å²) in [7, 11) is 0. The third kappa shape index (κ3) is 12.7. The first-order valence-corrected chi connectivity index (χ1v) is 24.4. The summed E-state index contributed by atoms with van der Waals surface area (Å²) in [6, 6.07) is 30.8. The van der Waals surface area contributed by atoms with Crippen molar-refractivity contribution in [2.75, 3.05) is 39.6 Å². The molecular formula is C65H72O6. The summed E-state index contributed by atoms with van der Waals surface area (Å²) in [6.45, 7) is 42.9. The van der Waals surface area contributed by atoms with E-state index in [-0.39, 0.29) is 11.8 Å². The summed E-state index contributed by atoms with van der Waals surface area (Å²) in [5.41, 5.74) is 17.5. The highest BCUT2D eigenvalue weighted by atomic mass is 16.5. The van der Waals surface area contributed by atoms with Gasteiger partial charge in [0.1, 0.15) is 74.1 Å². The summed E-state index contributed by atoms with van der Waals surface area (Å²) in [5, 5.41) is 0. The molecule has 0 aliphatic rings. The normalized spacial score (nSPS) is 11.0. The van der Waals surface area contributed by atoms with Gasteiger partial charge in [-0.15, -0.1) is 0 Å². The van der Waals surface area contributed by atoms with E-state index in [9.17, 15) is 0 Å². The molecule has 0 aliphatic carbocycles. The Kier molecular flexibility index (Phi) is 18.6. The highest BCUT2D eigenvalue weighted by molar-refractivity contribution is 5.61. The van der Waals surface area contributed by atoms with Crippen LogP contribution < -0.4 is 28.4 Å². The molecule has 0 atom stereocenters. The van der Waals surface area contributed by atoms with Crippen LogP contribution in [0.15, 0.2) is 161 Å². The van der Waals surface area contributed by atoms with Crippen molar-refractivity contribution in [3.63, 3.8) is 0 Å². The molecule has 0 saturated heterocycles.